The van der Waals surface area contributed by atoms with Crippen molar-refractivity contribution in [2.45, 2.75) is 50.2 Å². The Bertz CT molecular complexity index is 519. The van der Waals surface area contributed by atoms with E-state index in [-0.39, 0.29) is 6.04 Å². The fourth-order valence-electron chi connectivity index (χ4n) is 2.11. The number of nitrogens with one attached hydrogen (secondary N) is 3. The monoisotopic (exact) mass is 317 g/mol. The number of hydrogen-bond acceptors (Lipinski definition) is 4. The van der Waals surface area contributed by atoms with Crippen molar-refractivity contribution in [2.75, 3.05) is 11.5 Å². The topological polar surface area (TPSA) is 74.0 Å². The smallest absolute Gasteiger partial charge is 0.242 e. The number of aromatic nitrogens is 1. The van der Waals surface area contributed by atoms with Crippen molar-refractivity contribution in [3.63, 3.8) is 0 Å². The molecule has 3 N–H and O–H groups in total. The molecular weight excluding hydrogens is 294 g/mol. The van der Waals surface area contributed by atoms with Gasteiger partial charge in [-0.2, -0.15) is 11.8 Å². The van der Waals surface area contributed by atoms with Gasteiger partial charge in [0.25, 0.3) is 0 Å². The molecule has 7 heteroatoms. The summed E-state index contributed by atoms with van der Waals surface area (Å²) in [4.78, 5) is 3.35. The number of aromatic amines is 1. The summed E-state index contributed by atoms with van der Waals surface area (Å²) >= 11 is 1.81. The highest BCUT2D eigenvalue weighted by atomic mass is 32.2. The Balaban J connectivity index is 1.98. The molecule has 0 saturated carbocycles. The molecule has 20 heavy (non-hydrogen) atoms. The van der Waals surface area contributed by atoms with E-state index in [1.54, 1.807) is 12.3 Å². The minimum Gasteiger partial charge on any atom is -0.363 e. The highest BCUT2D eigenvalue weighted by Crippen LogP contribution is 2.19. The van der Waals surface area contributed by atoms with Crippen LogP contribution in [0.25, 0.3) is 0 Å². The molecule has 1 unspecified atom stereocenters. The zero-order chi connectivity index (χ0) is 14.6. The highest BCUT2D eigenvalue weighted by Gasteiger charge is 2.22. The minimum absolute atomic E-state index is 0.0610. The Morgan fingerprint density at radius 2 is 2.30 bits per heavy atom. The molecule has 0 amide bonds. The van der Waals surface area contributed by atoms with Gasteiger partial charge in [0.15, 0.2) is 0 Å². The van der Waals surface area contributed by atoms with Gasteiger partial charge in [-0.25, -0.2) is 13.1 Å². The first-order chi connectivity index (χ1) is 9.47. The van der Waals surface area contributed by atoms with Gasteiger partial charge in [-0.15, -0.1) is 0 Å². The Kier molecular flexibility index (Phi) is 5.54. The summed E-state index contributed by atoms with van der Waals surface area (Å²) in [6.45, 7) is 4.76. The molecule has 1 aromatic heterocycles. The fourth-order valence-corrected chi connectivity index (χ4v) is 4.58. The van der Waals surface area contributed by atoms with E-state index in [4.69, 9.17) is 0 Å². The second kappa shape index (κ2) is 6.98. The average molecular weight is 317 g/mol. The Morgan fingerprint density at radius 3 is 2.95 bits per heavy atom. The minimum atomic E-state index is -3.40. The predicted octanol–water partition coefficient (Wildman–Crippen LogP) is 1.69. The second-order valence-electron chi connectivity index (χ2n) is 5.43. The van der Waals surface area contributed by atoms with Crippen LogP contribution in [0.1, 0.15) is 32.4 Å². The summed E-state index contributed by atoms with van der Waals surface area (Å²) in [5, 5.41) is 3.26. The van der Waals surface area contributed by atoms with Crippen molar-refractivity contribution in [2.24, 2.45) is 0 Å². The lowest BCUT2D eigenvalue weighted by atomic mass is 10.2. The van der Waals surface area contributed by atoms with Crippen LogP contribution in [0.15, 0.2) is 17.2 Å². The van der Waals surface area contributed by atoms with Crippen LogP contribution in [0.2, 0.25) is 0 Å². The first-order valence-electron chi connectivity index (χ1n) is 6.98. The lowest BCUT2D eigenvalue weighted by molar-refractivity contribution is 0.543. The SMILES string of the molecule is CC(C)NCc1cc(S(=O)(=O)NC2CCCSC2)c[nH]1. The third kappa shape index (κ3) is 4.51. The molecule has 0 spiro atoms. The van der Waals surface area contributed by atoms with Gasteiger partial charge in [0.1, 0.15) is 0 Å². The number of hydrogen-bond donors (Lipinski definition) is 3. The van der Waals surface area contributed by atoms with E-state index in [0.29, 0.717) is 17.5 Å². The molecule has 1 aliphatic heterocycles. The molecule has 114 valence electrons. The van der Waals surface area contributed by atoms with Gasteiger partial charge < -0.3 is 10.3 Å². The molecule has 1 atom stereocenters. The third-order valence-corrected chi connectivity index (χ3v) is 5.92. The second-order valence-corrected chi connectivity index (χ2v) is 8.30. The third-order valence-electron chi connectivity index (χ3n) is 3.21. The van der Waals surface area contributed by atoms with E-state index in [1.807, 2.05) is 11.8 Å². The summed E-state index contributed by atoms with van der Waals surface area (Å²) in [7, 11) is -3.40. The van der Waals surface area contributed by atoms with Crippen molar-refractivity contribution in [1.82, 2.24) is 15.0 Å². The molecule has 1 saturated heterocycles. The van der Waals surface area contributed by atoms with E-state index in [0.717, 1.165) is 30.0 Å². The Hall–Kier alpha value is -0.500. The average Bonchev–Trinajstić information content (AvgIpc) is 2.86. The number of H-pyrrole nitrogens is 1. The number of rotatable bonds is 6. The summed E-state index contributed by atoms with van der Waals surface area (Å²) in [6.07, 6.45) is 3.57. The standard InChI is InChI=1S/C13H23N3O2S2/c1-10(2)14-7-12-6-13(8-15-12)20(17,18)16-11-4-3-5-19-9-11/h6,8,10-11,14-16H,3-5,7,9H2,1-2H3. The molecule has 5 nitrogen and oxygen atoms in total. The maximum atomic E-state index is 12.3. The molecule has 2 heterocycles. The first kappa shape index (κ1) is 15.9. The molecule has 0 radical (unpaired) electrons. The summed E-state index contributed by atoms with van der Waals surface area (Å²) in [6, 6.07) is 2.13. The maximum absolute atomic E-state index is 12.3. The molecule has 0 bridgehead atoms. The highest BCUT2D eigenvalue weighted by molar-refractivity contribution is 7.99. The quantitative estimate of drug-likeness (QED) is 0.746. The van der Waals surface area contributed by atoms with Crippen molar-refractivity contribution < 1.29 is 8.42 Å². The van der Waals surface area contributed by atoms with Gasteiger partial charge in [0, 0.05) is 36.3 Å². The summed E-state index contributed by atoms with van der Waals surface area (Å²) in [5.41, 5.74) is 0.886. The number of sulfonamides is 1. The molecule has 1 aromatic rings. The summed E-state index contributed by atoms with van der Waals surface area (Å²) < 4.78 is 27.4. The van der Waals surface area contributed by atoms with Gasteiger partial charge >= 0.3 is 0 Å². The van der Waals surface area contributed by atoms with Crippen molar-refractivity contribution in [1.29, 1.82) is 0 Å². The summed E-state index contributed by atoms with van der Waals surface area (Å²) in [5.74, 6) is 2.00. The van der Waals surface area contributed by atoms with E-state index in [2.05, 4.69) is 28.9 Å². The fraction of sp³-hybridized carbons (Fsp3) is 0.692. The molecule has 1 fully saturated rings. The van der Waals surface area contributed by atoms with Crippen LogP contribution in [0.4, 0.5) is 0 Å². The van der Waals surface area contributed by atoms with Crippen molar-refractivity contribution >= 4 is 21.8 Å². The largest absolute Gasteiger partial charge is 0.363 e. The zero-order valence-corrected chi connectivity index (χ0v) is 13.6. The van der Waals surface area contributed by atoms with Gasteiger partial charge in [-0.05, 0) is 24.7 Å². The van der Waals surface area contributed by atoms with Crippen LogP contribution in [0, 0.1) is 0 Å². The van der Waals surface area contributed by atoms with Gasteiger partial charge in [-0.3, -0.25) is 0 Å². The zero-order valence-electron chi connectivity index (χ0n) is 12.0. The molecule has 0 aliphatic carbocycles. The molecule has 2 rings (SSSR count). The molecule has 1 aliphatic rings. The lowest BCUT2D eigenvalue weighted by Gasteiger charge is -2.21. The lowest BCUT2D eigenvalue weighted by Crippen LogP contribution is -2.38. The van der Waals surface area contributed by atoms with Crippen LogP contribution < -0.4 is 10.0 Å². The predicted molar refractivity (Wildman–Crippen MR) is 83.4 cm³/mol. The number of thioether (sulfide) groups is 1. The Labute approximate surface area is 125 Å². The Morgan fingerprint density at radius 1 is 1.50 bits per heavy atom. The van der Waals surface area contributed by atoms with Crippen LogP contribution in [0.5, 0.6) is 0 Å². The maximum Gasteiger partial charge on any atom is 0.242 e. The van der Waals surface area contributed by atoms with Crippen molar-refractivity contribution in [3.8, 4) is 0 Å². The normalized spacial score (nSPS) is 20.4. The van der Waals surface area contributed by atoms with E-state index in [9.17, 15) is 8.42 Å². The molecule has 0 aromatic carbocycles. The van der Waals surface area contributed by atoms with Gasteiger partial charge in [0.2, 0.25) is 10.0 Å². The van der Waals surface area contributed by atoms with Crippen LogP contribution in [-0.4, -0.2) is 37.0 Å². The van der Waals surface area contributed by atoms with E-state index < -0.39 is 10.0 Å². The molecular formula is C13H23N3O2S2. The first-order valence-corrected chi connectivity index (χ1v) is 9.62. The van der Waals surface area contributed by atoms with Crippen LogP contribution in [-0.2, 0) is 16.6 Å². The van der Waals surface area contributed by atoms with Crippen molar-refractivity contribution in [3.05, 3.63) is 18.0 Å². The van der Waals surface area contributed by atoms with E-state index >= 15 is 0 Å². The van der Waals surface area contributed by atoms with Crippen LogP contribution in [0.3, 0.4) is 0 Å². The van der Waals surface area contributed by atoms with Gasteiger partial charge in [0.05, 0.1) is 4.90 Å². The van der Waals surface area contributed by atoms with E-state index in [1.165, 1.54) is 0 Å². The van der Waals surface area contributed by atoms with Crippen LogP contribution >= 0.6 is 11.8 Å². The van der Waals surface area contributed by atoms with Gasteiger partial charge in [-0.1, -0.05) is 13.8 Å².